The maximum Gasteiger partial charge on any atom is 0.251 e. The van der Waals surface area contributed by atoms with Crippen LogP contribution in [0.5, 0.6) is 0 Å². The van der Waals surface area contributed by atoms with Crippen LogP contribution < -0.4 is 16.0 Å². The molecule has 2 fully saturated rings. The molecule has 1 aromatic rings. The first-order chi connectivity index (χ1) is 11.7. The standard InChI is InChI=1S/C19H27N3O2/c1-2-10-21-17(23)14-6-5-8-16(11-14)22-18(24)19-9-4-3-7-15(19)12-20-13-19/h5-6,8,11,15,20H,2-4,7,9-10,12-13H2,1H3,(H,21,23)(H,22,24)/t15-,19+/m0/s1. The van der Waals surface area contributed by atoms with Crippen molar-refractivity contribution >= 4 is 17.5 Å². The first-order valence-electron chi connectivity index (χ1n) is 9.06. The minimum absolute atomic E-state index is 0.0933. The van der Waals surface area contributed by atoms with Gasteiger partial charge in [-0.3, -0.25) is 9.59 Å². The highest BCUT2D eigenvalue weighted by atomic mass is 16.2. The number of benzene rings is 1. The topological polar surface area (TPSA) is 70.2 Å². The number of anilines is 1. The van der Waals surface area contributed by atoms with Gasteiger partial charge < -0.3 is 16.0 Å². The number of rotatable bonds is 5. The fraction of sp³-hybridized carbons (Fsp3) is 0.579. The lowest BCUT2D eigenvalue weighted by Gasteiger charge is -2.37. The molecule has 1 saturated heterocycles. The average molecular weight is 329 g/mol. The number of hydrogen-bond donors (Lipinski definition) is 3. The maximum absolute atomic E-state index is 13.0. The molecule has 5 nitrogen and oxygen atoms in total. The molecule has 3 rings (SSSR count). The van der Waals surface area contributed by atoms with Gasteiger partial charge in [-0.2, -0.15) is 0 Å². The second kappa shape index (κ2) is 7.34. The Hall–Kier alpha value is -1.88. The molecule has 5 heteroatoms. The Labute approximate surface area is 143 Å². The molecule has 0 radical (unpaired) electrons. The van der Waals surface area contributed by atoms with Crippen molar-refractivity contribution in [2.45, 2.75) is 39.0 Å². The number of carbonyl (C=O) groups is 2. The van der Waals surface area contributed by atoms with Crippen molar-refractivity contribution in [1.82, 2.24) is 10.6 Å². The third-order valence-electron chi connectivity index (χ3n) is 5.41. The molecular formula is C19H27N3O2. The summed E-state index contributed by atoms with van der Waals surface area (Å²) >= 11 is 0. The molecule has 1 aliphatic heterocycles. The van der Waals surface area contributed by atoms with Gasteiger partial charge in [0.2, 0.25) is 5.91 Å². The number of nitrogens with one attached hydrogen (secondary N) is 3. The maximum atomic E-state index is 13.0. The first-order valence-corrected chi connectivity index (χ1v) is 9.06. The highest BCUT2D eigenvalue weighted by Gasteiger charge is 2.49. The highest BCUT2D eigenvalue weighted by molar-refractivity contribution is 5.99. The van der Waals surface area contributed by atoms with Crippen LogP contribution in [-0.4, -0.2) is 31.4 Å². The Morgan fingerprint density at radius 3 is 3.04 bits per heavy atom. The van der Waals surface area contributed by atoms with Crippen LogP contribution in [-0.2, 0) is 4.79 Å². The van der Waals surface area contributed by atoms with E-state index in [2.05, 4.69) is 16.0 Å². The van der Waals surface area contributed by atoms with Gasteiger partial charge in [-0.15, -0.1) is 0 Å². The Kier molecular flexibility index (Phi) is 5.19. The Bertz CT molecular complexity index is 616. The van der Waals surface area contributed by atoms with Crippen molar-refractivity contribution in [3.63, 3.8) is 0 Å². The molecule has 2 atom stereocenters. The number of fused-ring (bicyclic) bond motifs is 1. The predicted octanol–water partition coefficient (Wildman–Crippen LogP) is 2.54. The minimum Gasteiger partial charge on any atom is -0.352 e. The second-order valence-corrected chi connectivity index (χ2v) is 7.02. The van der Waals surface area contributed by atoms with E-state index in [1.54, 1.807) is 12.1 Å². The van der Waals surface area contributed by atoms with Crippen LogP contribution in [0.15, 0.2) is 24.3 Å². The lowest BCUT2D eigenvalue weighted by molar-refractivity contribution is -0.128. The summed E-state index contributed by atoms with van der Waals surface area (Å²) in [5.74, 6) is 0.440. The van der Waals surface area contributed by atoms with Gasteiger partial charge in [0.1, 0.15) is 0 Å². The van der Waals surface area contributed by atoms with E-state index in [9.17, 15) is 9.59 Å². The molecule has 3 N–H and O–H groups in total. The van der Waals surface area contributed by atoms with Crippen LogP contribution >= 0.6 is 0 Å². The van der Waals surface area contributed by atoms with Gasteiger partial charge in [-0.1, -0.05) is 25.8 Å². The van der Waals surface area contributed by atoms with E-state index in [0.29, 0.717) is 23.7 Å². The van der Waals surface area contributed by atoms with Crippen LogP contribution in [0.1, 0.15) is 49.4 Å². The van der Waals surface area contributed by atoms with Gasteiger partial charge in [0.05, 0.1) is 5.41 Å². The van der Waals surface area contributed by atoms with Crippen LogP contribution in [0.2, 0.25) is 0 Å². The van der Waals surface area contributed by atoms with Gasteiger partial charge in [0, 0.05) is 24.3 Å². The van der Waals surface area contributed by atoms with Crippen LogP contribution in [0.3, 0.4) is 0 Å². The van der Waals surface area contributed by atoms with Gasteiger partial charge in [-0.25, -0.2) is 0 Å². The normalized spacial score (nSPS) is 25.8. The third-order valence-corrected chi connectivity index (χ3v) is 5.41. The van der Waals surface area contributed by atoms with Crippen molar-refractivity contribution in [2.24, 2.45) is 11.3 Å². The monoisotopic (exact) mass is 329 g/mol. The minimum atomic E-state index is -0.279. The van der Waals surface area contributed by atoms with E-state index in [0.717, 1.165) is 38.8 Å². The Morgan fingerprint density at radius 2 is 2.21 bits per heavy atom. The molecular weight excluding hydrogens is 302 g/mol. The molecule has 0 spiro atoms. The zero-order valence-electron chi connectivity index (χ0n) is 14.4. The van der Waals surface area contributed by atoms with Crippen molar-refractivity contribution in [3.05, 3.63) is 29.8 Å². The molecule has 1 aliphatic carbocycles. The summed E-state index contributed by atoms with van der Waals surface area (Å²) < 4.78 is 0. The quantitative estimate of drug-likeness (QED) is 0.777. The van der Waals surface area contributed by atoms with E-state index in [1.165, 1.54) is 6.42 Å². The predicted molar refractivity (Wildman–Crippen MR) is 95.0 cm³/mol. The van der Waals surface area contributed by atoms with Crippen LogP contribution in [0.4, 0.5) is 5.69 Å². The summed E-state index contributed by atoms with van der Waals surface area (Å²) in [4.78, 5) is 25.1. The van der Waals surface area contributed by atoms with E-state index < -0.39 is 0 Å². The largest absolute Gasteiger partial charge is 0.352 e. The van der Waals surface area contributed by atoms with Crippen LogP contribution in [0, 0.1) is 11.3 Å². The van der Waals surface area contributed by atoms with Crippen molar-refractivity contribution in [1.29, 1.82) is 0 Å². The molecule has 0 bridgehead atoms. The van der Waals surface area contributed by atoms with Gasteiger partial charge in [0.25, 0.3) is 5.91 Å². The summed E-state index contributed by atoms with van der Waals surface area (Å²) in [5.41, 5.74) is 1.01. The third kappa shape index (κ3) is 3.31. The summed E-state index contributed by atoms with van der Waals surface area (Å²) in [6.45, 7) is 4.38. The SMILES string of the molecule is CCCNC(=O)c1cccc(NC(=O)[C@@]23CCCC[C@H]2CNC3)c1. The van der Waals surface area contributed by atoms with E-state index in [1.807, 2.05) is 19.1 Å². The summed E-state index contributed by atoms with van der Waals surface area (Å²) in [6.07, 6.45) is 5.31. The van der Waals surface area contributed by atoms with Crippen LogP contribution in [0.25, 0.3) is 0 Å². The lowest BCUT2D eigenvalue weighted by Crippen LogP contribution is -2.44. The summed E-state index contributed by atoms with van der Waals surface area (Å²) in [7, 11) is 0. The first kappa shape index (κ1) is 17.0. The molecule has 1 saturated carbocycles. The number of hydrogen-bond acceptors (Lipinski definition) is 3. The highest BCUT2D eigenvalue weighted by Crippen LogP contribution is 2.44. The van der Waals surface area contributed by atoms with Gasteiger partial charge >= 0.3 is 0 Å². The van der Waals surface area contributed by atoms with E-state index >= 15 is 0 Å². The molecule has 0 unspecified atom stereocenters. The summed E-state index contributed by atoms with van der Waals surface area (Å²) in [5, 5.41) is 9.33. The molecule has 24 heavy (non-hydrogen) atoms. The van der Waals surface area contributed by atoms with E-state index in [4.69, 9.17) is 0 Å². The zero-order valence-corrected chi connectivity index (χ0v) is 14.4. The van der Waals surface area contributed by atoms with E-state index in [-0.39, 0.29) is 17.2 Å². The van der Waals surface area contributed by atoms with Gasteiger partial charge in [0.15, 0.2) is 0 Å². The molecule has 2 amide bonds. The van der Waals surface area contributed by atoms with Crippen molar-refractivity contribution in [3.8, 4) is 0 Å². The molecule has 130 valence electrons. The summed E-state index contributed by atoms with van der Waals surface area (Å²) in [6, 6.07) is 7.21. The fourth-order valence-corrected chi connectivity index (χ4v) is 4.02. The fourth-order valence-electron chi connectivity index (χ4n) is 4.02. The molecule has 0 aromatic heterocycles. The molecule has 1 aromatic carbocycles. The number of amides is 2. The van der Waals surface area contributed by atoms with Crippen molar-refractivity contribution in [2.75, 3.05) is 25.0 Å². The Balaban J connectivity index is 1.71. The second-order valence-electron chi connectivity index (χ2n) is 7.02. The van der Waals surface area contributed by atoms with Crippen molar-refractivity contribution < 1.29 is 9.59 Å². The number of carbonyl (C=O) groups excluding carboxylic acids is 2. The molecule has 1 heterocycles. The molecule has 2 aliphatic rings. The van der Waals surface area contributed by atoms with Gasteiger partial charge in [-0.05, 0) is 49.9 Å². The smallest absolute Gasteiger partial charge is 0.251 e. The Morgan fingerprint density at radius 1 is 1.33 bits per heavy atom. The zero-order chi connectivity index (χ0) is 17.0. The lowest BCUT2D eigenvalue weighted by atomic mass is 9.67. The average Bonchev–Trinajstić information content (AvgIpc) is 3.05.